The summed E-state index contributed by atoms with van der Waals surface area (Å²) in [6.45, 7) is 13.5. The van der Waals surface area contributed by atoms with Gasteiger partial charge < -0.3 is 10.6 Å². The van der Waals surface area contributed by atoms with Crippen molar-refractivity contribution in [1.82, 2.24) is 10.6 Å². The Morgan fingerprint density at radius 1 is 1.08 bits per heavy atom. The molecule has 0 bridgehead atoms. The highest BCUT2D eigenvalue weighted by atomic mass is 28.2. The molecular formula is C10H26N2Si. The van der Waals surface area contributed by atoms with Crippen LogP contribution in [0.3, 0.4) is 0 Å². The number of hydrogen-bond donors (Lipinski definition) is 2. The lowest BCUT2D eigenvalue weighted by atomic mass is 10.2. The lowest BCUT2D eigenvalue weighted by Gasteiger charge is -2.23. The van der Waals surface area contributed by atoms with Crippen LogP contribution < -0.4 is 10.6 Å². The summed E-state index contributed by atoms with van der Waals surface area (Å²) < 4.78 is 0. The Labute approximate surface area is 85.7 Å². The summed E-state index contributed by atoms with van der Waals surface area (Å²) in [5.74, 6) is 0. The Morgan fingerprint density at radius 3 is 1.85 bits per heavy atom. The molecule has 0 aliphatic rings. The molecule has 0 aliphatic carbocycles. The Hall–Kier alpha value is 0.137. The van der Waals surface area contributed by atoms with E-state index in [0.717, 1.165) is 13.1 Å². The van der Waals surface area contributed by atoms with Gasteiger partial charge in [0.25, 0.3) is 0 Å². The molecule has 2 nitrogen and oxygen atoms in total. The highest BCUT2D eigenvalue weighted by Gasteiger charge is 2.14. The molecule has 0 aromatic carbocycles. The fourth-order valence-corrected chi connectivity index (χ4v) is 2.91. The van der Waals surface area contributed by atoms with Crippen LogP contribution in [0.4, 0.5) is 0 Å². The zero-order valence-corrected chi connectivity index (χ0v) is 11.3. The van der Waals surface area contributed by atoms with Crippen molar-refractivity contribution in [3.63, 3.8) is 0 Å². The Morgan fingerprint density at radius 2 is 1.54 bits per heavy atom. The van der Waals surface area contributed by atoms with Crippen molar-refractivity contribution in [2.24, 2.45) is 0 Å². The van der Waals surface area contributed by atoms with Crippen molar-refractivity contribution in [3.8, 4) is 0 Å². The van der Waals surface area contributed by atoms with Gasteiger partial charge in [0.1, 0.15) is 0 Å². The van der Waals surface area contributed by atoms with Crippen molar-refractivity contribution < 1.29 is 0 Å². The third kappa shape index (κ3) is 8.47. The first-order valence-electron chi connectivity index (χ1n) is 5.46. The Balaban J connectivity index is 3.68. The normalized spacial score (nSPS) is 13.4. The molecule has 0 aromatic heterocycles. The molecule has 0 aliphatic heterocycles. The van der Waals surface area contributed by atoms with E-state index >= 15 is 0 Å². The summed E-state index contributed by atoms with van der Waals surface area (Å²) >= 11 is 0. The van der Waals surface area contributed by atoms with Crippen molar-refractivity contribution in [1.29, 1.82) is 0 Å². The summed E-state index contributed by atoms with van der Waals surface area (Å²) in [6.07, 6.45) is 0.556. The topological polar surface area (TPSA) is 24.1 Å². The number of nitrogens with one attached hydrogen (secondary N) is 2. The highest BCUT2D eigenvalue weighted by Crippen LogP contribution is 2.21. The molecule has 0 heterocycles. The monoisotopic (exact) mass is 202 g/mol. The van der Waals surface area contributed by atoms with E-state index in [1.807, 2.05) is 0 Å². The first kappa shape index (κ1) is 13.1. The summed E-state index contributed by atoms with van der Waals surface area (Å²) in [7, 11) is 0.0366. The first-order chi connectivity index (χ1) is 5.99. The molecular weight excluding hydrogens is 176 g/mol. The van der Waals surface area contributed by atoms with Crippen LogP contribution in [0.5, 0.6) is 0 Å². The zero-order chi connectivity index (χ0) is 10.3. The van der Waals surface area contributed by atoms with Crippen LogP contribution in [-0.4, -0.2) is 28.8 Å². The minimum absolute atomic E-state index is 0.0366. The fraction of sp³-hybridized carbons (Fsp3) is 1.00. The molecule has 0 fully saturated rings. The van der Waals surface area contributed by atoms with Crippen molar-refractivity contribution in [3.05, 3.63) is 0 Å². The van der Waals surface area contributed by atoms with Gasteiger partial charge in [-0.15, -0.1) is 0 Å². The van der Waals surface area contributed by atoms with Gasteiger partial charge >= 0.3 is 0 Å². The number of rotatable bonds is 6. The minimum atomic E-state index is 0.0366. The van der Waals surface area contributed by atoms with Crippen LogP contribution in [0, 0.1) is 0 Å². The summed E-state index contributed by atoms with van der Waals surface area (Å²) in [5, 5.41) is 7.55. The molecule has 0 radical (unpaired) electrons. The maximum absolute atomic E-state index is 3.48. The summed E-state index contributed by atoms with van der Waals surface area (Å²) in [5.41, 5.74) is 0. The predicted molar refractivity (Wildman–Crippen MR) is 64.2 cm³/mol. The van der Waals surface area contributed by atoms with Gasteiger partial charge in [0, 0.05) is 9.52 Å². The summed E-state index contributed by atoms with van der Waals surface area (Å²) in [4.78, 5) is 0. The van der Waals surface area contributed by atoms with E-state index in [1.54, 1.807) is 0 Å². The molecule has 13 heavy (non-hydrogen) atoms. The van der Waals surface area contributed by atoms with Gasteiger partial charge in [-0.2, -0.15) is 0 Å². The average molecular weight is 202 g/mol. The quantitative estimate of drug-likeness (QED) is 0.502. The second-order valence-corrected chi connectivity index (χ2v) is 7.97. The molecule has 0 atom stereocenters. The van der Waals surface area contributed by atoms with Gasteiger partial charge in [-0.05, 0) is 24.2 Å². The largest absolute Gasteiger partial charge is 0.302 e. The molecule has 0 aromatic rings. The molecule has 3 heteroatoms. The van der Waals surface area contributed by atoms with Crippen LogP contribution in [0.15, 0.2) is 0 Å². The molecule has 0 spiro atoms. The minimum Gasteiger partial charge on any atom is -0.302 e. The fourth-order valence-electron chi connectivity index (χ4n) is 1.35. The van der Waals surface area contributed by atoms with Gasteiger partial charge in [0.05, 0.1) is 6.17 Å². The van der Waals surface area contributed by atoms with Crippen molar-refractivity contribution in [2.75, 3.05) is 13.1 Å². The average Bonchev–Trinajstić information content (AvgIpc) is 2.00. The number of hydrogen-bond acceptors (Lipinski definition) is 2. The first-order valence-corrected chi connectivity index (χ1v) is 7.17. The van der Waals surface area contributed by atoms with E-state index < -0.39 is 0 Å². The van der Waals surface area contributed by atoms with E-state index in [2.05, 4.69) is 45.3 Å². The van der Waals surface area contributed by atoms with Crippen LogP contribution in [0.2, 0.25) is 11.1 Å². The Bertz CT molecular complexity index is 115. The highest BCUT2D eigenvalue weighted by molar-refractivity contribution is 6.39. The molecule has 0 saturated heterocycles. The molecule has 80 valence electrons. The van der Waals surface area contributed by atoms with E-state index in [1.165, 1.54) is 6.04 Å². The second-order valence-electron chi connectivity index (χ2n) is 4.77. The predicted octanol–water partition coefficient (Wildman–Crippen LogP) is 1.34. The van der Waals surface area contributed by atoms with Gasteiger partial charge in [0.2, 0.25) is 0 Å². The lowest BCUT2D eigenvalue weighted by Crippen LogP contribution is -2.43. The Kier molecular flexibility index (Phi) is 6.64. The molecule has 0 amide bonds. The van der Waals surface area contributed by atoms with Crippen LogP contribution >= 0.6 is 0 Å². The maximum Gasteiger partial charge on any atom is 0.0542 e. The van der Waals surface area contributed by atoms with Crippen LogP contribution in [0.25, 0.3) is 0 Å². The van der Waals surface area contributed by atoms with Crippen LogP contribution in [0.1, 0.15) is 34.6 Å². The standard InChI is InChI=1S/C10H26N2Si/c1-6-11-9(12-7-2)8-13-10(3,4)5/h9,11-12H,6-8,13H2,1-5H3. The van der Waals surface area contributed by atoms with Gasteiger partial charge in [0.15, 0.2) is 0 Å². The van der Waals surface area contributed by atoms with Crippen LogP contribution in [-0.2, 0) is 0 Å². The molecule has 0 saturated carbocycles. The van der Waals surface area contributed by atoms with E-state index in [0.29, 0.717) is 11.2 Å². The van der Waals surface area contributed by atoms with Crippen molar-refractivity contribution >= 4 is 9.52 Å². The maximum atomic E-state index is 3.48. The SMILES string of the molecule is CCNC(C[SiH2]C(C)(C)C)NCC. The second kappa shape index (κ2) is 6.57. The van der Waals surface area contributed by atoms with E-state index in [-0.39, 0.29) is 9.52 Å². The lowest BCUT2D eigenvalue weighted by molar-refractivity contribution is 0.473. The van der Waals surface area contributed by atoms with E-state index in [9.17, 15) is 0 Å². The third-order valence-corrected chi connectivity index (χ3v) is 4.45. The summed E-state index contributed by atoms with van der Waals surface area (Å²) in [6, 6.07) is 1.35. The van der Waals surface area contributed by atoms with E-state index in [4.69, 9.17) is 0 Å². The molecule has 2 N–H and O–H groups in total. The van der Waals surface area contributed by atoms with Gasteiger partial charge in [-0.3, -0.25) is 0 Å². The van der Waals surface area contributed by atoms with Gasteiger partial charge in [-0.1, -0.05) is 34.6 Å². The van der Waals surface area contributed by atoms with Gasteiger partial charge in [-0.25, -0.2) is 0 Å². The molecule has 0 rings (SSSR count). The smallest absolute Gasteiger partial charge is 0.0542 e. The van der Waals surface area contributed by atoms with Crippen molar-refractivity contribution in [2.45, 2.75) is 51.9 Å². The third-order valence-electron chi connectivity index (χ3n) is 2.08. The zero-order valence-electron chi connectivity index (χ0n) is 9.91. The molecule has 0 unspecified atom stereocenters.